The second-order valence-electron chi connectivity index (χ2n) is 8.90. The highest BCUT2D eigenvalue weighted by Crippen LogP contribution is 2.38. The van der Waals surface area contributed by atoms with Gasteiger partial charge in [-0.25, -0.2) is 4.79 Å². The van der Waals surface area contributed by atoms with E-state index in [4.69, 9.17) is 15.2 Å². The molecule has 1 fully saturated rings. The van der Waals surface area contributed by atoms with Gasteiger partial charge < -0.3 is 15.2 Å². The van der Waals surface area contributed by atoms with Gasteiger partial charge in [-0.3, -0.25) is 4.57 Å². The summed E-state index contributed by atoms with van der Waals surface area (Å²) in [6.07, 6.45) is 2.73. The first kappa shape index (κ1) is 18.9. The first-order valence-electron chi connectivity index (χ1n) is 8.54. The van der Waals surface area contributed by atoms with Gasteiger partial charge in [-0.15, -0.1) is 0 Å². The normalized spacial score (nSPS) is 25.2. The first-order valence-corrected chi connectivity index (χ1v) is 8.54. The van der Waals surface area contributed by atoms with E-state index in [1.54, 1.807) is 6.20 Å². The van der Waals surface area contributed by atoms with E-state index in [-0.39, 0.29) is 41.0 Å². The molecule has 0 bridgehead atoms. The van der Waals surface area contributed by atoms with Crippen molar-refractivity contribution in [3.63, 3.8) is 0 Å². The van der Waals surface area contributed by atoms with E-state index in [0.29, 0.717) is 6.42 Å². The smallest absolute Gasteiger partial charge is 0.351 e. The van der Waals surface area contributed by atoms with Gasteiger partial charge >= 0.3 is 5.69 Å². The van der Waals surface area contributed by atoms with Crippen molar-refractivity contribution in [2.75, 3.05) is 5.73 Å². The molecule has 2 heterocycles. The van der Waals surface area contributed by atoms with E-state index in [1.807, 2.05) is 27.7 Å². The molecule has 1 aromatic rings. The van der Waals surface area contributed by atoms with Crippen molar-refractivity contribution in [1.29, 1.82) is 0 Å². The summed E-state index contributed by atoms with van der Waals surface area (Å²) in [6, 6.07) is 0. The van der Waals surface area contributed by atoms with Crippen molar-refractivity contribution in [3.8, 4) is 0 Å². The molecule has 24 heavy (non-hydrogen) atoms. The van der Waals surface area contributed by atoms with Crippen LogP contribution in [0.5, 0.6) is 0 Å². The van der Waals surface area contributed by atoms with Crippen molar-refractivity contribution in [2.45, 2.75) is 85.3 Å². The molecule has 136 valence electrons. The zero-order chi connectivity index (χ0) is 18.3. The molecule has 1 aliphatic rings. The number of hydrogen-bond acceptors (Lipinski definition) is 5. The fourth-order valence-corrected chi connectivity index (χ4v) is 3.02. The summed E-state index contributed by atoms with van der Waals surface area (Å²) in [7, 11) is 0. The summed E-state index contributed by atoms with van der Waals surface area (Å²) >= 11 is 0. The predicted octanol–water partition coefficient (Wildman–Crippen LogP) is 3.04. The van der Waals surface area contributed by atoms with E-state index in [9.17, 15) is 4.79 Å². The number of nitrogens with two attached hydrogens (primary N) is 1. The number of nitrogen functional groups attached to an aromatic ring is 1. The molecule has 2 N–H and O–H groups in total. The zero-order valence-electron chi connectivity index (χ0n) is 15.9. The van der Waals surface area contributed by atoms with Gasteiger partial charge in [0.05, 0.1) is 17.8 Å². The molecule has 1 aromatic heterocycles. The third kappa shape index (κ3) is 4.80. The van der Waals surface area contributed by atoms with Crippen LogP contribution in [0.15, 0.2) is 11.0 Å². The van der Waals surface area contributed by atoms with Crippen LogP contribution >= 0.6 is 0 Å². The lowest BCUT2D eigenvalue weighted by Gasteiger charge is -2.31. The number of hydrogen-bond donors (Lipinski definition) is 1. The Morgan fingerprint density at radius 3 is 2.50 bits per heavy atom. The Bertz CT molecular complexity index is 616. The second-order valence-corrected chi connectivity index (χ2v) is 8.90. The van der Waals surface area contributed by atoms with Gasteiger partial charge in [-0.1, -0.05) is 20.8 Å². The van der Waals surface area contributed by atoms with Crippen molar-refractivity contribution in [3.05, 3.63) is 22.2 Å². The molecule has 0 aromatic carbocycles. The van der Waals surface area contributed by atoms with Crippen LogP contribution in [0.25, 0.3) is 0 Å². The maximum atomic E-state index is 12.2. The highest BCUT2D eigenvalue weighted by Gasteiger charge is 2.41. The Balaban J connectivity index is 2.28. The number of ether oxygens (including phenoxy) is 2. The van der Waals surface area contributed by atoms with Crippen LogP contribution in [0, 0.1) is 12.3 Å². The Morgan fingerprint density at radius 2 is 1.96 bits per heavy atom. The number of nitrogens with zero attached hydrogens (tertiary/aromatic N) is 2. The monoisotopic (exact) mass is 337 g/mol. The van der Waals surface area contributed by atoms with Gasteiger partial charge in [-0.2, -0.15) is 4.98 Å². The molecule has 6 nitrogen and oxygen atoms in total. The topological polar surface area (TPSA) is 79.4 Å². The Hall–Kier alpha value is -1.40. The number of rotatable bonds is 3. The number of anilines is 1. The van der Waals surface area contributed by atoms with E-state index in [2.05, 4.69) is 25.8 Å². The SMILES string of the molecule is Cc1cn([C@H]2C[C@H](OC(C)(C)C)[C@@H](CC(C)(C)C)O2)c(=O)nc1N. The van der Waals surface area contributed by atoms with Crippen LogP contribution < -0.4 is 11.4 Å². The van der Waals surface area contributed by atoms with Crippen LogP contribution in [-0.4, -0.2) is 27.4 Å². The van der Waals surface area contributed by atoms with Gasteiger partial charge in [0.1, 0.15) is 12.0 Å². The standard InChI is InChI=1S/C18H31N3O3/c1-11-10-21(16(22)20-15(11)19)14-8-12(24-18(5,6)7)13(23-14)9-17(2,3)4/h10,12-14H,8-9H2,1-7H3,(H2,19,20,22)/t12-,13+,14+/m0/s1. The van der Waals surface area contributed by atoms with E-state index in [0.717, 1.165) is 12.0 Å². The molecular formula is C18H31N3O3. The number of aromatic nitrogens is 2. The minimum absolute atomic E-state index is 0.0565. The first-order chi connectivity index (χ1) is 10.9. The molecule has 0 amide bonds. The molecule has 0 saturated carbocycles. The molecule has 0 aliphatic carbocycles. The van der Waals surface area contributed by atoms with E-state index < -0.39 is 0 Å². The minimum Gasteiger partial charge on any atom is -0.383 e. The average molecular weight is 337 g/mol. The van der Waals surface area contributed by atoms with Crippen molar-refractivity contribution in [2.24, 2.45) is 5.41 Å². The molecule has 6 heteroatoms. The summed E-state index contributed by atoms with van der Waals surface area (Å²) < 4.78 is 14.0. The molecule has 2 rings (SSSR count). The summed E-state index contributed by atoms with van der Waals surface area (Å²) in [4.78, 5) is 16.1. The summed E-state index contributed by atoms with van der Waals surface area (Å²) in [5.74, 6) is 0.267. The van der Waals surface area contributed by atoms with Crippen molar-refractivity contribution >= 4 is 5.82 Å². The highest BCUT2D eigenvalue weighted by atomic mass is 16.6. The molecule has 0 radical (unpaired) electrons. The van der Waals surface area contributed by atoms with Gasteiger partial charge in [0.15, 0.2) is 0 Å². The maximum absolute atomic E-state index is 12.2. The van der Waals surface area contributed by atoms with Crippen LogP contribution in [0.4, 0.5) is 5.82 Å². The molecule has 0 spiro atoms. The molecule has 0 unspecified atom stereocenters. The minimum atomic E-state index is -0.381. The van der Waals surface area contributed by atoms with Crippen LogP contribution in [-0.2, 0) is 9.47 Å². The Morgan fingerprint density at radius 1 is 1.33 bits per heavy atom. The third-order valence-electron chi connectivity index (χ3n) is 3.98. The van der Waals surface area contributed by atoms with Crippen LogP contribution in [0.1, 0.15) is 66.2 Å². The highest BCUT2D eigenvalue weighted by molar-refractivity contribution is 5.35. The van der Waals surface area contributed by atoms with Crippen LogP contribution in [0.2, 0.25) is 0 Å². The zero-order valence-corrected chi connectivity index (χ0v) is 15.9. The average Bonchev–Trinajstić information content (AvgIpc) is 2.72. The molecular weight excluding hydrogens is 306 g/mol. The summed E-state index contributed by atoms with van der Waals surface area (Å²) in [5.41, 5.74) is 5.95. The fraction of sp³-hybridized carbons (Fsp3) is 0.778. The summed E-state index contributed by atoms with van der Waals surface area (Å²) in [6.45, 7) is 14.5. The molecule has 1 saturated heterocycles. The quantitative estimate of drug-likeness (QED) is 0.917. The Labute approximate surface area is 144 Å². The van der Waals surface area contributed by atoms with Crippen molar-refractivity contribution < 1.29 is 9.47 Å². The van der Waals surface area contributed by atoms with Crippen molar-refractivity contribution in [1.82, 2.24) is 9.55 Å². The predicted molar refractivity (Wildman–Crippen MR) is 94.9 cm³/mol. The van der Waals surface area contributed by atoms with E-state index >= 15 is 0 Å². The molecule has 1 aliphatic heterocycles. The number of aryl methyl sites for hydroxylation is 1. The lowest BCUT2D eigenvalue weighted by atomic mass is 9.87. The molecule has 3 atom stereocenters. The van der Waals surface area contributed by atoms with Gasteiger partial charge in [0, 0.05) is 18.2 Å². The van der Waals surface area contributed by atoms with Crippen LogP contribution in [0.3, 0.4) is 0 Å². The third-order valence-corrected chi connectivity index (χ3v) is 3.98. The van der Waals surface area contributed by atoms with Gasteiger partial charge in [-0.05, 0) is 39.5 Å². The van der Waals surface area contributed by atoms with Gasteiger partial charge in [0.25, 0.3) is 0 Å². The Kier molecular flexibility index (Phi) is 5.11. The lowest BCUT2D eigenvalue weighted by molar-refractivity contribution is -0.102. The summed E-state index contributed by atoms with van der Waals surface area (Å²) in [5, 5.41) is 0. The second kappa shape index (κ2) is 6.48. The lowest BCUT2D eigenvalue weighted by Crippen LogP contribution is -2.35. The van der Waals surface area contributed by atoms with Gasteiger partial charge in [0.2, 0.25) is 0 Å². The van der Waals surface area contributed by atoms with E-state index in [1.165, 1.54) is 4.57 Å². The largest absolute Gasteiger partial charge is 0.383 e. The fourth-order valence-electron chi connectivity index (χ4n) is 3.02. The maximum Gasteiger partial charge on any atom is 0.351 e.